The van der Waals surface area contributed by atoms with E-state index in [9.17, 15) is 0 Å². The van der Waals surface area contributed by atoms with Gasteiger partial charge in [-0.2, -0.15) is 0 Å². The summed E-state index contributed by atoms with van der Waals surface area (Å²) in [7, 11) is 0. The van der Waals surface area contributed by atoms with Crippen molar-refractivity contribution in [3.8, 4) is 22.3 Å². The topological polar surface area (TPSA) is 65.2 Å². The molecule has 43 heavy (non-hydrogen) atoms. The fraction of sp³-hybridized carbons (Fsp3) is 0. The van der Waals surface area contributed by atoms with E-state index in [-0.39, 0.29) is 0 Å². The Morgan fingerprint density at radius 2 is 1.05 bits per heavy atom. The zero-order valence-electron chi connectivity index (χ0n) is 22.7. The van der Waals surface area contributed by atoms with E-state index in [0.29, 0.717) is 5.71 Å². The molecule has 10 rings (SSSR count). The Kier molecular flexibility index (Phi) is 4.39. The molecule has 0 N–H and O–H groups in total. The van der Waals surface area contributed by atoms with Crippen molar-refractivity contribution in [3.05, 3.63) is 121 Å². The van der Waals surface area contributed by atoms with Gasteiger partial charge in [-0.15, -0.1) is 0 Å². The fourth-order valence-electron chi connectivity index (χ4n) is 6.42. The SMILES string of the molecule is c1ccc2c(c1)oc1ccc(-c3ccc4oc5nc6ccc(-c7cccc8c7oc7ccccc78)cc6nc5c4c3)cc12. The summed E-state index contributed by atoms with van der Waals surface area (Å²) in [4.78, 5) is 9.94. The molecule has 0 unspecified atom stereocenters. The molecule has 0 atom stereocenters. The van der Waals surface area contributed by atoms with Crippen LogP contribution in [-0.2, 0) is 0 Å². The predicted octanol–water partition coefficient (Wildman–Crippen LogP) is 10.7. The molecule has 0 bridgehead atoms. The summed E-state index contributed by atoms with van der Waals surface area (Å²) < 4.78 is 18.5. The van der Waals surface area contributed by atoms with Crippen LogP contribution in [0.5, 0.6) is 0 Å². The van der Waals surface area contributed by atoms with Gasteiger partial charge in [-0.3, -0.25) is 0 Å². The molecule has 0 saturated carbocycles. The molecular weight excluding hydrogens is 532 g/mol. The van der Waals surface area contributed by atoms with Crippen molar-refractivity contribution >= 4 is 77.1 Å². The Hall–Kier alpha value is -5.94. The van der Waals surface area contributed by atoms with Gasteiger partial charge in [0, 0.05) is 32.5 Å². The molecule has 4 heterocycles. The standard InChI is InChI=1S/C38H20N2O3/c1-4-11-33-25(6-1)27-9-5-8-24(37(27)42-33)23-12-15-30-31(20-23)39-36-29-19-22(14-17-35(29)43-38(36)40-30)21-13-16-34-28(18-21)26-7-2-3-10-32(26)41-34/h1-20H. The van der Waals surface area contributed by atoms with Crippen molar-refractivity contribution in [1.82, 2.24) is 9.97 Å². The van der Waals surface area contributed by atoms with Crippen LogP contribution in [-0.4, -0.2) is 9.97 Å². The number of rotatable bonds is 2. The van der Waals surface area contributed by atoms with E-state index in [1.54, 1.807) is 0 Å². The molecule has 200 valence electrons. The first-order valence-electron chi connectivity index (χ1n) is 14.2. The molecule has 10 aromatic rings. The van der Waals surface area contributed by atoms with Crippen molar-refractivity contribution < 1.29 is 13.3 Å². The van der Waals surface area contributed by atoms with Gasteiger partial charge in [0.2, 0.25) is 5.71 Å². The third kappa shape index (κ3) is 3.27. The van der Waals surface area contributed by atoms with E-state index in [2.05, 4.69) is 66.7 Å². The van der Waals surface area contributed by atoms with Crippen molar-refractivity contribution in [2.45, 2.75) is 0 Å². The molecule has 0 radical (unpaired) electrons. The van der Waals surface area contributed by atoms with Gasteiger partial charge in [-0.25, -0.2) is 9.97 Å². The van der Waals surface area contributed by atoms with Crippen LogP contribution in [0.25, 0.3) is 99.4 Å². The summed E-state index contributed by atoms with van der Waals surface area (Å²) in [5.74, 6) is 0. The van der Waals surface area contributed by atoms with E-state index in [1.165, 1.54) is 0 Å². The zero-order chi connectivity index (χ0) is 28.1. The molecule has 0 aliphatic heterocycles. The van der Waals surface area contributed by atoms with Crippen LogP contribution < -0.4 is 0 Å². The first kappa shape index (κ1) is 22.7. The molecule has 0 aliphatic rings. The molecule has 0 spiro atoms. The van der Waals surface area contributed by atoms with E-state index < -0.39 is 0 Å². The predicted molar refractivity (Wildman–Crippen MR) is 172 cm³/mol. The van der Waals surface area contributed by atoms with Crippen LogP contribution in [0.4, 0.5) is 0 Å². The number of aromatic nitrogens is 2. The normalized spacial score (nSPS) is 12.2. The van der Waals surface area contributed by atoms with E-state index in [1.807, 2.05) is 54.6 Å². The smallest absolute Gasteiger partial charge is 0.246 e. The highest BCUT2D eigenvalue weighted by Gasteiger charge is 2.16. The molecule has 0 aliphatic carbocycles. The van der Waals surface area contributed by atoms with Crippen LogP contribution in [0, 0.1) is 0 Å². The highest BCUT2D eigenvalue weighted by molar-refractivity contribution is 6.11. The van der Waals surface area contributed by atoms with Crippen LogP contribution >= 0.6 is 0 Å². The number of furan rings is 3. The monoisotopic (exact) mass is 552 g/mol. The fourth-order valence-corrected chi connectivity index (χ4v) is 6.42. The number of fused-ring (bicyclic) bond motifs is 10. The Morgan fingerprint density at radius 1 is 0.395 bits per heavy atom. The van der Waals surface area contributed by atoms with E-state index in [4.69, 9.17) is 23.2 Å². The van der Waals surface area contributed by atoms with Crippen LogP contribution in [0.1, 0.15) is 0 Å². The molecule has 0 amide bonds. The second-order valence-electron chi connectivity index (χ2n) is 11.0. The lowest BCUT2D eigenvalue weighted by Crippen LogP contribution is -1.87. The summed E-state index contributed by atoms with van der Waals surface area (Å²) in [6, 6.07) is 41.3. The Labute approximate surface area is 243 Å². The van der Waals surface area contributed by atoms with Gasteiger partial charge in [0.1, 0.15) is 33.4 Å². The Morgan fingerprint density at radius 3 is 1.88 bits per heavy atom. The molecule has 0 fully saturated rings. The maximum atomic E-state index is 6.31. The summed E-state index contributed by atoms with van der Waals surface area (Å²) >= 11 is 0. The minimum absolute atomic E-state index is 0.531. The number of hydrogen-bond donors (Lipinski definition) is 0. The van der Waals surface area contributed by atoms with Crippen LogP contribution in [0.15, 0.2) is 135 Å². The van der Waals surface area contributed by atoms with Gasteiger partial charge in [-0.05, 0) is 65.2 Å². The minimum Gasteiger partial charge on any atom is -0.456 e. The van der Waals surface area contributed by atoms with E-state index in [0.717, 1.165) is 93.7 Å². The maximum Gasteiger partial charge on any atom is 0.246 e. The van der Waals surface area contributed by atoms with Crippen LogP contribution in [0.2, 0.25) is 0 Å². The highest BCUT2D eigenvalue weighted by atomic mass is 16.3. The molecule has 4 aromatic heterocycles. The summed E-state index contributed by atoms with van der Waals surface area (Å²) in [6.07, 6.45) is 0. The first-order chi connectivity index (χ1) is 21.3. The molecule has 5 heteroatoms. The van der Waals surface area contributed by atoms with Crippen molar-refractivity contribution in [3.63, 3.8) is 0 Å². The van der Waals surface area contributed by atoms with Crippen molar-refractivity contribution in [2.75, 3.05) is 0 Å². The Balaban J connectivity index is 1.14. The van der Waals surface area contributed by atoms with Crippen LogP contribution in [0.3, 0.4) is 0 Å². The van der Waals surface area contributed by atoms with E-state index >= 15 is 0 Å². The van der Waals surface area contributed by atoms with Crippen molar-refractivity contribution in [1.29, 1.82) is 0 Å². The lowest BCUT2D eigenvalue weighted by atomic mass is 10.0. The zero-order valence-corrected chi connectivity index (χ0v) is 22.7. The van der Waals surface area contributed by atoms with Gasteiger partial charge in [0.25, 0.3) is 0 Å². The molecule has 6 aromatic carbocycles. The second kappa shape index (κ2) is 8.30. The second-order valence-corrected chi connectivity index (χ2v) is 11.0. The quantitative estimate of drug-likeness (QED) is 0.213. The van der Waals surface area contributed by atoms with Gasteiger partial charge in [0.05, 0.1) is 11.0 Å². The van der Waals surface area contributed by atoms with Gasteiger partial charge in [-0.1, -0.05) is 72.8 Å². The largest absolute Gasteiger partial charge is 0.456 e. The summed E-state index contributed by atoms with van der Waals surface area (Å²) in [5.41, 5.74) is 11.4. The molecular formula is C38H20N2O3. The average molecular weight is 553 g/mol. The number of benzene rings is 6. The summed E-state index contributed by atoms with van der Waals surface area (Å²) in [6.45, 7) is 0. The number of hydrogen-bond acceptors (Lipinski definition) is 5. The van der Waals surface area contributed by atoms with Crippen molar-refractivity contribution in [2.24, 2.45) is 0 Å². The van der Waals surface area contributed by atoms with Gasteiger partial charge >= 0.3 is 0 Å². The Bertz CT molecular complexity index is 2750. The molecule has 0 saturated heterocycles. The third-order valence-electron chi connectivity index (χ3n) is 8.50. The lowest BCUT2D eigenvalue weighted by Gasteiger charge is -2.05. The first-order valence-corrected chi connectivity index (χ1v) is 14.2. The summed E-state index contributed by atoms with van der Waals surface area (Å²) in [5, 5.41) is 5.36. The number of nitrogens with zero attached hydrogens (tertiary/aromatic N) is 2. The maximum absolute atomic E-state index is 6.31. The van der Waals surface area contributed by atoms with Gasteiger partial charge in [0.15, 0.2) is 0 Å². The van der Waals surface area contributed by atoms with Gasteiger partial charge < -0.3 is 13.3 Å². The number of para-hydroxylation sites is 3. The minimum atomic E-state index is 0.531. The molecule has 5 nitrogen and oxygen atoms in total. The lowest BCUT2D eigenvalue weighted by molar-refractivity contribution is 0.655. The third-order valence-corrected chi connectivity index (χ3v) is 8.50. The average Bonchev–Trinajstić information content (AvgIpc) is 3.73. The highest BCUT2D eigenvalue weighted by Crippen LogP contribution is 2.38.